The molecule has 2 heterocycles. The number of fused-ring (bicyclic) bond motifs is 1. The topological polar surface area (TPSA) is 116 Å². The molecule has 1 atom stereocenters. The van der Waals surface area contributed by atoms with Crippen LogP contribution in [0, 0.1) is 0 Å². The van der Waals surface area contributed by atoms with E-state index in [-0.39, 0.29) is 12.5 Å². The fraction of sp³-hybridized carbons (Fsp3) is 0.375. The molecule has 0 saturated heterocycles. The van der Waals surface area contributed by atoms with Crippen LogP contribution in [-0.4, -0.2) is 37.3 Å². The van der Waals surface area contributed by atoms with E-state index in [0.29, 0.717) is 17.7 Å². The molecule has 0 saturated carbocycles. The van der Waals surface area contributed by atoms with Crippen LogP contribution in [0.15, 0.2) is 12.5 Å². The molecule has 1 unspecified atom stereocenters. The number of rotatable bonds is 3. The molecule has 0 aliphatic carbocycles. The molecular formula is C8H12N6O. The lowest BCUT2D eigenvalue weighted by Crippen LogP contribution is -2.25. The Bertz CT molecular complexity index is 467. The van der Waals surface area contributed by atoms with Crippen molar-refractivity contribution in [3.05, 3.63) is 12.5 Å². The van der Waals surface area contributed by atoms with Gasteiger partial charge in [-0.05, 0) is 0 Å². The van der Waals surface area contributed by atoms with Gasteiger partial charge in [0.15, 0.2) is 5.65 Å². The van der Waals surface area contributed by atoms with E-state index in [9.17, 15) is 5.11 Å². The van der Waals surface area contributed by atoms with Gasteiger partial charge in [0.05, 0.1) is 25.2 Å². The monoisotopic (exact) mass is 208 g/mol. The molecule has 0 bridgehead atoms. The van der Waals surface area contributed by atoms with E-state index in [4.69, 9.17) is 11.5 Å². The predicted molar refractivity (Wildman–Crippen MR) is 54.8 cm³/mol. The van der Waals surface area contributed by atoms with Crippen LogP contribution >= 0.6 is 0 Å². The quantitative estimate of drug-likeness (QED) is 0.579. The number of nitrogens with zero attached hydrogens (tertiary/aromatic N) is 4. The van der Waals surface area contributed by atoms with E-state index in [2.05, 4.69) is 15.0 Å². The molecule has 0 aliphatic heterocycles. The van der Waals surface area contributed by atoms with Crippen molar-refractivity contribution < 1.29 is 5.11 Å². The average Bonchev–Trinajstić information content (AvgIpc) is 2.61. The summed E-state index contributed by atoms with van der Waals surface area (Å²) in [4.78, 5) is 11.9. The molecule has 15 heavy (non-hydrogen) atoms. The van der Waals surface area contributed by atoms with Crippen LogP contribution in [0.3, 0.4) is 0 Å². The maximum atomic E-state index is 9.41. The average molecular weight is 208 g/mol. The molecule has 5 N–H and O–H groups in total. The molecule has 2 aromatic rings. The first kappa shape index (κ1) is 9.81. The van der Waals surface area contributed by atoms with Crippen molar-refractivity contribution in [2.24, 2.45) is 5.73 Å². The van der Waals surface area contributed by atoms with Crippen molar-refractivity contribution in [1.29, 1.82) is 0 Å². The van der Waals surface area contributed by atoms with Crippen LogP contribution in [-0.2, 0) is 6.54 Å². The Morgan fingerprint density at radius 2 is 2.27 bits per heavy atom. The number of aliphatic hydroxyl groups is 1. The number of nitrogen functional groups attached to an aromatic ring is 1. The fourth-order valence-electron chi connectivity index (χ4n) is 1.30. The molecule has 0 amide bonds. The van der Waals surface area contributed by atoms with E-state index >= 15 is 0 Å². The van der Waals surface area contributed by atoms with Gasteiger partial charge in [0.25, 0.3) is 0 Å². The van der Waals surface area contributed by atoms with Gasteiger partial charge in [0, 0.05) is 6.54 Å². The third kappa shape index (κ3) is 1.88. The Labute approximate surface area is 85.8 Å². The lowest BCUT2D eigenvalue weighted by Gasteiger charge is -2.08. The lowest BCUT2D eigenvalue weighted by atomic mass is 10.3. The van der Waals surface area contributed by atoms with Crippen LogP contribution in [0.4, 0.5) is 5.95 Å². The van der Waals surface area contributed by atoms with Crippen molar-refractivity contribution >= 4 is 17.1 Å². The standard InChI is InChI=1S/C8H12N6O/c9-1-5(15)3-14-4-12-6-2-11-8(10)13-7(6)14/h2,4-5,15H,1,3,9H2,(H2,10,11,13). The Hall–Kier alpha value is -1.73. The van der Waals surface area contributed by atoms with Crippen molar-refractivity contribution in [1.82, 2.24) is 19.5 Å². The molecule has 2 rings (SSSR count). The second kappa shape index (κ2) is 3.79. The van der Waals surface area contributed by atoms with Gasteiger partial charge in [0.1, 0.15) is 5.52 Å². The Morgan fingerprint density at radius 1 is 1.47 bits per heavy atom. The zero-order valence-corrected chi connectivity index (χ0v) is 8.04. The van der Waals surface area contributed by atoms with Crippen molar-refractivity contribution in [2.75, 3.05) is 12.3 Å². The number of hydrogen-bond acceptors (Lipinski definition) is 6. The van der Waals surface area contributed by atoms with Gasteiger partial charge in [-0.1, -0.05) is 0 Å². The van der Waals surface area contributed by atoms with E-state index in [1.165, 1.54) is 0 Å². The summed E-state index contributed by atoms with van der Waals surface area (Å²) >= 11 is 0. The molecule has 7 heteroatoms. The van der Waals surface area contributed by atoms with Crippen LogP contribution in [0.2, 0.25) is 0 Å². The smallest absolute Gasteiger partial charge is 0.222 e. The number of nitrogens with two attached hydrogens (primary N) is 2. The van der Waals surface area contributed by atoms with Gasteiger partial charge >= 0.3 is 0 Å². The zero-order valence-electron chi connectivity index (χ0n) is 8.04. The predicted octanol–water partition coefficient (Wildman–Crippen LogP) is -1.27. The molecule has 0 fully saturated rings. The molecule has 7 nitrogen and oxygen atoms in total. The summed E-state index contributed by atoms with van der Waals surface area (Å²) in [7, 11) is 0. The summed E-state index contributed by atoms with van der Waals surface area (Å²) in [6.07, 6.45) is 2.51. The minimum atomic E-state index is -0.612. The minimum absolute atomic E-state index is 0.187. The van der Waals surface area contributed by atoms with Crippen molar-refractivity contribution in [3.8, 4) is 0 Å². The molecule has 0 radical (unpaired) electrons. The lowest BCUT2D eigenvalue weighted by molar-refractivity contribution is 0.163. The third-order valence-electron chi connectivity index (χ3n) is 2.06. The summed E-state index contributed by atoms with van der Waals surface area (Å²) in [6, 6.07) is 0. The van der Waals surface area contributed by atoms with Gasteiger partial charge in [0.2, 0.25) is 5.95 Å². The molecule has 2 aromatic heterocycles. The second-order valence-corrected chi connectivity index (χ2v) is 3.22. The zero-order chi connectivity index (χ0) is 10.8. The SMILES string of the molecule is NCC(O)Cn1cnc2cnc(N)nc21. The summed E-state index contributed by atoms with van der Waals surface area (Å²) in [5.74, 6) is 0.187. The van der Waals surface area contributed by atoms with Crippen molar-refractivity contribution in [2.45, 2.75) is 12.6 Å². The summed E-state index contributed by atoms with van der Waals surface area (Å²) in [5, 5.41) is 9.41. The van der Waals surface area contributed by atoms with E-state index < -0.39 is 6.10 Å². The normalized spacial score (nSPS) is 13.2. The first-order chi connectivity index (χ1) is 7.20. The number of hydrogen-bond donors (Lipinski definition) is 3. The van der Waals surface area contributed by atoms with E-state index in [0.717, 1.165) is 0 Å². The first-order valence-corrected chi connectivity index (χ1v) is 4.52. The summed E-state index contributed by atoms with van der Waals surface area (Å²) in [6.45, 7) is 0.545. The second-order valence-electron chi connectivity index (χ2n) is 3.22. The molecule has 0 spiro atoms. The van der Waals surface area contributed by atoms with Gasteiger partial charge < -0.3 is 21.1 Å². The highest BCUT2D eigenvalue weighted by Crippen LogP contribution is 2.10. The highest BCUT2D eigenvalue weighted by atomic mass is 16.3. The van der Waals surface area contributed by atoms with Gasteiger partial charge in [-0.2, -0.15) is 4.98 Å². The number of aliphatic hydroxyl groups excluding tert-OH is 1. The van der Waals surface area contributed by atoms with Crippen molar-refractivity contribution in [3.63, 3.8) is 0 Å². The first-order valence-electron chi connectivity index (χ1n) is 4.52. The Balaban J connectivity index is 2.39. The highest BCUT2D eigenvalue weighted by Gasteiger charge is 2.08. The molecule has 80 valence electrons. The number of imidazole rings is 1. The van der Waals surface area contributed by atoms with Crippen LogP contribution < -0.4 is 11.5 Å². The maximum absolute atomic E-state index is 9.41. The molecule has 0 aliphatic rings. The summed E-state index contributed by atoms with van der Waals surface area (Å²) < 4.78 is 1.70. The Kier molecular flexibility index (Phi) is 2.48. The third-order valence-corrected chi connectivity index (χ3v) is 2.06. The van der Waals surface area contributed by atoms with Gasteiger partial charge in [-0.15, -0.1) is 0 Å². The summed E-state index contributed by atoms with van der Waals surface area (Å²) in [5.41, 5.74) is 12.0. The van der Waals surface area contributed by atoms with E-state index in [1.54, 1.807) is 17.1 Å². The number of anilines is 1. The largest absolute Gasteiger partial charge is 0.390 e. The minimum Gasteiger partial charge on any atom is -0.390 e. The maximum Gasteiger partial charge on any atom is 0.222 e. The molecule has 0 aromatic carbocycles. The highest BCUT2D eigenvalue weighted by molar-refractivity contribution is 5.70. The van der Waals surface area contributed by atoms with Crippen LogP contribution in [0.1, 0.15) is 0 Å². The van der Waals surface area contributed by atoms with Gasteiger partial charge in [-0.3, -0.25) is 0 Å². The van der Waals surface area contributed by atoms with Gasteiger partial charge in [-0.25, -0.2) is 9.97 Å². The van der Waals surface area contributed by atoms with E-state index in [1.807, 2.05) is 0 Å². The van der Waals surface area contributed by atoms with Crippen LogP contribution in [0.25, 0.3) is 11.2 Å². The van der Waals surface area contributed by atoms with Crippen LogP contribution in [0.5, 0.6) is 0 Å². The molecular weight excluding hydrogens is 196 g/mol. The fourth-order valence-corrected chi connectivity index (χ4v) is 1.30. The Morgan fingerprint density at radius 3 is 3.00 bits per heavy atom. The number of aromatic nitrogens is 4.